The highest BCUT2D eigenvalue weighted by atomic mass is 35.5. The monoisotopic (exact) mass is 450 g/mol. The fourth-order valence-corrected chi connectivity index (χ4v) is 6.20. The van der Waals surface area contributed by atoms with Crippen molar-refractivity contribution in [1.29, 1.82) is 0 Å². The van der Waals surface area contributed by atoms with Crippen LogP contribution < -0.4 is 14.4 Å². The van der Waals surface area contributed by atoms with E-state index in [4.69, 9.17) is 21.1 Å². The number of halogens is 1. The Labute approximate surface area is 181 Å². The van der Waals surface area contributed by atoms with E-state index in [0.29, 0.717) is 29.6 Å². The van der Waals surface area contributed by atoms with Gasteiger partial charge in [0.2, 0.25) is 5.91 Å². The van der Waals surface area contributed by atoms with Gasteiger partial charge in [-0.25, -0.2) is 8.42 Å². The highest BCUT2D eigenvalue weighted by Gasteiger charge is 2.49. The Morgan fingerprint density at radius 2 is 1.63 bits per heavy atom. The Hall–Kier alpha value is -2.29. The van der Waals surface area contributed by atoms with E-state index in [9.17, 15) is 13.2 Å². The van der Waals surface area contributed by atoms with Gasteiger partial charge in [-0.2, -0.15) is 0 Å². The topological polar surface area (TPSA) is 76.2 Å². The van der Waals surface area contributed by atoms with Crippen LogP contribution in [0.1, 0.15) is 0 Å². The number of hydrogen-bond donors (Lipinski definition) is 0. The molecule has 2 atom stereocenters. The van der Waals surface area contributed by atoms with Gasteiger partial charge in [-0.05, 0) is 48.5 Å². The minimum Gasteiger partial charge on any atom is -0.497 e. The molecule has 0 bridgehead atoms. The molecule has 2 aliphatic rings. The zero-order chi connectivity index (χ0) is 21.3. The van der Waals surface area contributed by atoms with Crippen molar-refractivity contribution in [1.82, 2.24) is 4.90 Å². The SMILES string of the molecule is COc1ccc(OCCN2CC(=O)N(c3ccc(Cl)cc3)C3CS(=O)(=O)CC32)cc1. The number of sulfone groups is 1. The fraction of sp³-hybridized carbons (Fsp3) is 0.381. The van der Waals surface area contributed by atoms with Crippen molar-refractivity contribution in [3.8, 4) is 11.5 Å². The molecule has 0 aromatic heterocycles. The van der Waals surface area contributed by atoms with Crippen LogP contribution in [0.25, 0.3) is 0 Å². The quantitative estimate of drug-likeness (QED) is 0.671. The van der Waals surface area contributed by atoms with Gasteiger partial charge in [-0.15, -0.1) is 0 Å². The first-order chi connectivity index (χ1) is 14.4. The second kappa shape index (κ2) is 8.45. The molecule has 7 nitrogen and oxygen atoms in total. The molecule has 0 aliphatic carbocycles. The van der Waals surface area contributed by atoms with Crippen molar-refractivity contribution in [3.63, 3.8) is 0 Å². The van der Waals surface area contributed by atoms with Gasteiger partial charge in [0.25, 0.3) is 0 Å². The number of ether oxygens (including phenoxy) is 2. The number of rotatable bonds is 6. The van der Waals surface area contributed by atoms with Crippen LogP contribution in [0.15, 0.2) is 48.5 Å². The molecule has 0 spiro atoms. The number of anilines is 1. The third-order valence-corrected chi connectivity index (χ3v) is 7.46. The Kier molecular flexibility index (Phi) is 5.90. The Bertz CT molecular complexity index is 1010. The average Bonchev–Trinajstić information content (AvgIpc) is 3.04. The third kappa shape index (κ3) is 4.40. The van der Waals surface area contributed by atoms with Gasteiger partial charge in [-0.3, -0.25) is 9.69 Å². The predicted molar refractivity (Wildman–Crippen MR) is 115 cm³/mol. The lowest BCUT2D eigenvalue weighted by molar-refractivity contribution is -0.123. The maximum absolute atomic E-state index is 12.9. The molecule has 2 unspecified atom stereocenters. The number of piperazine rings is 1. The van der Waals surface area contributed by atoms with E-state index >= 15 is 0 Å². The molecule has 2 aromatic carbocycles. The van der Waals surface area contributed by atoms with Crippen LogP contribution in [-0.2, 0) is 14.6 Å². The maximum Gasteiger partial charge on any atom is 0.241 e. The first kappa shape index (κ1) is 21.0. The summed E-state index contributed by atoms with van der Waals surface area (Å²) in [5, 5.41) is 0.566. The largest absolute Gasteiger partial charge is 0.497 e. The normalized spacial score (nSPS) is 23.3. The molecule has 0 radical (unpaired) electrons. The predicted octanol–water partition coefficient (Wildman–Crippen LogP) is 2.24. The van der Waals surface area contributed by atoms with Crippen molar-refractivity contribution in [2.45, 2.75) is 12.1 Å². The van der Waals surface area contributed by atoms with E-state index in [-0.39, 0.29) is 30.0 Å². The summed E-state index contributed by atoms with van der Waals surface area (Å²) in [4.78, 5) is 16.5. The van der Waals surface area contributed by atoms with E-state index in [1.807, 2.05) is 29.2 Å². The van der Waals surface area contributed by atoms with Gasteiger partial charge in [0.05, 0.1) is 31.2 Å². The summed E-state index contributed by atoms with van der Waals surface area (Å²) in [6, 6.07) is 13.5. The Morgan fingerprint density at radius 3 is 2.30 bits per heavy atom. The van der Waals surface area contributed by atoms with Gasteiger partial charge in [0.15, 0.2) is 9.84 Å². The third-order valence-electron chi connectivity index (χ3n) is 5.51. The summed E-state index contributed by atoms with van der Waals surface area (Å²) < 4.78 is 35.7. The van der Waals surface area contributed by atoms with E-state index in [2.05, 4.69) is 0 Å². The first-order valence-corrected chi connectivity index (χ1v) is 11.9. The molecule has 1 amide bonds. The minimum atomic E-state index is -3.24. The highest BCUT2D eigenvalue weighted by molar-refractivity contribution is 7.91. The summed E-state index contributed by atoms with van der Waals surface area (Å²) in [6.07, 6.45) is 0. The van der Waals surface area contributed by atoms with Crippen LogP contribution in [-0.4, -0.2) is 69.6 Å². The zero-order valence-electron chi connectivity index (χ0n) is 16.5. The number of carbonyl (C=O) groups is 1. The molecule has 0 N–H and O–H groups in total. The van der Waals surface area contributed by atoms with Crippen molar-refractivity contribution in [2.75, 3.05) is 43.2 Å². The van der Waals surface area contributed by atoms with Crippen molar-refractivity contribution in [2.24, 2.45) is 0 Å². The van der Waals surface area contributed by atoms with E-state index < -0.39 is 15.9 Å². The molecule has 30 heavy (non-hydrogen) atoms. The minimum absolute atomic E-state index is 0.0393. The van der Waals surface area contributed by atoms with Crippen molar-refractivity contribution < 1.29 is 22.7 Å². The van der Waals surface area contributed by atoms with E-state index in [0.717, 1.165) is 5.75 Å². The summed E-state index contributed by atoms with van der Waals surface area (Å²) in [5.74, 6) is 1.31. The van der Waals surface area contributed by atoms with Crippen molar-refractivity contribution in [3.05, 3.63) is 53.6 Å². The van der Waals surface area contributed by atoms with Crippen LogP contribution >= 0.6 is 11.6 Å². The van der Waals surface area contributed by atoms with Crippen LogP contribution in [0, 0.1) is 0 Å². The molecule has 2 aromatic rings. The molecule has 160 valence electrons. The number of nitrogens with zero attached hydrogens (tertiary/aromatic N) is 2. The summed E-state index contributed by atoms with van der Waals surface area (Å²) in [5.41, 5.74) is 0.672. The number of amides is 1. The van der Waals surface area contributed by atoms with Crippen LogP contribution in [0.3, 0.4) is 0 Å². The summed E-state index contributed by atoms with van der Waals surface area (Å²) >= 11 is 5.96. The first-order valence-electron chi connectivity index (χ1n) is 9.65. The number of benzene rings is 2. The maximum atomic E-state index is 12.9. The van der Waals surface area contributed by atoms with E-state index in [1.165, 1.54) is 0 Å². The van der Waals surface area contributed by atoms with E-state index in [1.54, 1.807) is 36.3 Å². The molecule has 2 saturated heterocycles. The molecule has 0 saturated carbocycles. The number of methoxy groups -OCH3 is 1. The second-order valence-corrected chi connectivity index (χ2v) is 10.0. The van der Waals surface area contributed by atoms with Gasteiger partial charge >= 0.3 is 0 Å². The van der Waals surface area contributed by atoms with Crippen LogP contribution in [0.5, 0.6) is 11.5 Å². The lowest BCUT2D eigenvalue weighted by Gasteiger charge is -2.43. The smallest absolute Gasteiger partial charge is 0.241 e. The molecule has 2 fully saturated rings. The lowest BCUT2D eigenvalue weighted by atomic mass is 10.0. The number of hydrogen-bond acceptors (Lipinski definition) is 6. The van der Waals surface area contributed by atoms with Gasteiger partial charge in [-0.1, -0.05) is 11.6 Å². The highest BCUT2D eigenvalue weighted by Crippen LogP contribution is 2.32. The zero-order valence-corrected chi connectivity index (χ0v) is 18.1. The van der Waals surface area contributed by atoms with Gasteiger partial charge in [0, 0.05) is 23.3 Å². The molecule has 2 aliphatic heterocycles. The standard InChI is InChI=1S/C21H23ClN2O5S/c1-28-17-6-8-18(9-7-17)29-11-10-23-12-21(25)24(16-4-2-15(22)3-5-16)20-14-30(26,27)13-19(20)23/h2-9,19-20H,10-14H2,1H3. The van der Waals surface area contributed by atoms with Crippen molar-refractivity contribution >= 4 is 33.0 Å². The van der Waals surface area contributed by atoms with Gasteiger partial charge in [0.1, 0.15) is 18.1 Å². The Balaban J connectivity index is 1.47. The summed E-state index contributed by atoms with van der Waals surface area (Å²) in [6.45, 7) is 0.956. The summed E-state index contributed by atoms with van der Waals surface area (Å²) in [7, 11) is -1.64. The molecular formula is C21H23ClN2O5S. The fourth-order valence-electron chi connectivity index (χ4n) is 4.09. The number of fused-ring (bicyclic) bond motifs is 1. The lowest BCUT2D eigenvalue weighted by Crippen LogP contribution is -2.62. The molecule has 4 rings (SSSR count). The molecular weight excluding hydrogens is 428 g/mol. The Morgan fingerprint density at radius 1 is 1.00 bits per heavy atom. The second-order valence-electron chi connectivity index (χ2n) is 7.45. The molecule has 9 heteroatoms. The van der Waals surface area contributed by atoms with Crippen LogP contribution in [0.4, 0.5) is 5.69 Å². The molecule has 2 heterocycles. The van der Waals surface area contributed by atoms with Gasteiger partial charge < -0.3 is 14.4 Å². The number of carbonyl (C=O) groups excluding carboxylic acids is 1. The van der Waals surface area contributed by atoms with Crippen LogP contribution in [0.2, 0.25) is 5.02 Å². The average molecular weight is 451 g/mol.